The normalized spacial score (nSPS) is 10.2. The van der Waals surface area contributed by atoms with Gasteiger partial charge in [0.2, 0.25) is 0 Å². The molecule has 0 saturated heterocycles. The molecule has 0 atom stereocenters. The van der Waals surface area contributed by atoms with E-state index in [0.29, 0.717) is 21.5 Å². The van der Waals surface area contributed by atoms with Crippen molar-refractivity contribution in [2.24, 2.45) is 0 Å². The first-order chi connectivity index (χ1) is 27.8. The molecule has 10 N–H and O–H groups in total. The summed E-state index contributed by atoms with van der Waals surface area (Å²) in [7, 11) is 0. The summed E-state index contributed by atoms with van der Waals surface area (Å²) < 4.78 is 0. The number of benzene rings is 6. The van der Waals surface area contributed by atoms with E-state index < -0.39 is 23.4 Å². The maximum atomic E-state index is 12.9. The summed E-state index contributed by atoms with van der Waals surface area (Å²) in [5.74, 6) is -4.07. The van der Waals surface area contributed by atoms with Crippen molar-refractivity contribution in [3.63, 3.8) is 0 Å². The fourth-order valence-electron chi connectivity index (χ4n) is 7.01. The molecule has 0 aliphatic rings. The van der Waals surface area contributed by atoms with Crippen LogP contribution in [0.1, 0.15) is 31.8 Å². The summed E-state index contributed by atoms with van der Waals surface area (Å²) >= 11 is 0. The van der Waals surface area contributed by atoms with Gasteiger partial charge in [-0.15, -0.1) is 0 Å². The Bertz CT molecular complexity index is 2860. The van der Waals surface area contributed by atoms with Crippen LogP contribution in [0.2, 0.25) is 0 Å². The summed E-state index contributed by atoms with van der Waals surface area (Å²) in [6, 6.07) is 40.5. The second kappa shape index (κ2) is 20.0. The zero-order valence-electron chi connectivity index (χ0n) is 32.4. The molecule has 10 rings (SSSR count). The van der Waals surface area contributed by atoms with Gasteiger partial charge < -0.3 is 36.9 Å². The summed E-state index contributed by atoms with van der Waals surface area (Å²) in [5, 5.41) is 51.4. The average Bonchev–Trinajstić information content (AvgIpc) is 3.25. The summed E-state index contributed by atoms with van der Waals surface area (Å²) in [5.41, 5.74) is 3.46. The fraction of sp³-hybridized carbons (Fsp3) is 0.0213. The number of carboxylic acids is 2. The molecule has 0 amide bonds. The minimum atomic E-state index is -1.35. The maximum absolute atomic E-state index is 12.9. The van der Waals surface area contributed by atoms with E-state index in [1.54, 1.807) is 73.3 Å². The predicted octanol–water partition coefficient (Wildman–Crippen LogP) is 6.02. The van der Waals surface area contributed by atoms with Crippen molar-refractivity contribution in [2.45, 2.75) is 6.42 Å². The molecule has 0 unspecified atom stereocenters. The number of carbonyl (C=O) groups is 2. The number of hydrogen-bond donors (Lipinski definition) is 2. The first-order valence-corrected chi connectivity index (χ1v) is 17.9. The van der Waals surface area contributed by atoms with E-state index in [1.807, 2.05) is 24.3 Å². The minimum absolute atomic E-state index is 0. The number of rotatable bonds is 4. The Hall–Kier alpha value is -7.48. The standard InChI is InChI=1S/C23H16O6.2C12H8N2.3H2O.Zn/c24-20-16(14-7-3-1-5-12(14)9-18(20)22(26)27)11-17-15-8-4-2-6-13(15)10-19(21(17)25)23(28)29;2*1-3-9-5-6-10-4-2-8-14-12(10)11(9)13-7-1;;;;/h1-10,24-25H,11H2,(H,26,27)(H,28,29);2*1-8H;3*1H2;/q;;;;;;+2. The van der Waals surface area contributed by atoms with E-state index in [4.69, 9.17) is 0 Å². The van der Waals surface area contributed by atoms with Crippen molar-refractivity contribution >= 4 is 77.1 Å². The Morgan fingerprint density at radius 1 is 0.443 bits per heavy atom. The van der Waals surface area contributed by atoms with Crippen molar-refractivity contribution in [3.8, 4) is 11.5 Å². The number of carboxylic acid groups (broad SMARTS) is 2. The molecule has 300 valence electrons. The monoisotopic (exact) mass is 866 g/mol. The molecule has 0 spiro atoms. The molecule has 0 saturated carbocycles. The van der Waals surface area contributed by atoms with Crippen molar-refractivity contribution in [1.29, 1.82) is 0 Å². The van der Waals surface area contributed by atoms with Crippen LogP contribution in [0.15, 0.2) is 158 Å². The number of pyridine rings is 4. The zero-order chi connectivity index (χ0) is 39.5. The smallest absolute Gasteiger partial charge is 0.872 e. The third-order valence-electron chi connectivity index (χ3n) is 9.71. The van der Waals surface area contributed by atoms with Crippen molar-refractivity contribution in [2.75, 3.05) is 0 Å². The van der Waals surface area contributed by atoms with Crippen molar-refractivity contribution in [1.82, 2.24) is 19.9 Å². The molecule has 10 aromatic rings. The van der Waals surface area contributed by atoms with Gasteiger partial charge in [0.25, 0.3) is 0 Å². The minimum Gasteiger partial charge on any atom is -0.872 e. The second-order valence-corrected chi connectivity index (χ2v) is 13.1. The van der Waals surface area contributed by atoms with Crippen LogP contribution in [0, 0.1) is 0 Å². The van der Waals surface area contributed by atoms with Gasteiger partial charge in [-0.25, -0.2) is 9.59 Å². The predicted molar refractivity (Wildman–Crippen MR) is 231 cm³/mol. The topological polar surface area (TPSA) is 270 Å². The van der Waals surface area contributed by atoms with E-state index in [1.165, 1.54) is 12.1 Å². The SMILES string of the molecule is O.O=C(O)c1cc2ccccc2c(Cc2c([O-])c(C(=O)O)cc3ccccc23)c1[O-].[OH3+].[OH3+].[Zn+2].c1cnc2c(c1)ccc1cccnc12.c1cnc2c(c1)ccc1cccnc12. The molecule has 6 aromatic carbocycles. The molecule has 4 aromatic heterocycles. The first-order valence-electron chi connectivity index (χ1n) is 17.9. The Labute approximate surface area is 360 Å². The van der Waals surface area contributed by atoms with Crippen LogP contribution in [-0.2, 0) is 36.9 Å². The molecule has 0 aliphatic carbocycles. The van der Waals surface area contributed by atoms with Crippen LogP contribution in [0.4, 0.5) is 0 Å². The quantitative estimate of drug-likeness (QED) is 0.118. The van der Waals surface area contributed by atoms with Gasteiger partial charge >= 0.3 is 31.4 Å². The third kappa shape index (κ3) is 9.23. The van der Waals surface area contributed by atoms with Gasteiger partial charge in [-0.05, 0) is 75.5 Å². The fourth-order valence-corrected chi connectivity index (χ4v) is 7.01. The van der Waals surface area contributed by atoms with Gasteiger partial charge in [0.15, 0.2) is 0 Å². The maximum Gasteiger partial charge on any atom is 2.00 e. The van der Waals surface area contributed by atoms with Gasteiger partial charge in [0, 0.05) is 46.3 Å². The molecular weight excluding hydrogens is 830 g/mol. The first kappa shape index (κ1) is 46.2. The molecule has 4 heterocycles. The number of fused-ring (bicyclic) bond motifs is 8. The third-order valence-corrected chi connectivity index (χ3v) is 9.71. The summed E-state index contributed by atoms with van der Waals surface area (Å²) in [6.07, 6.45) is 7.04. The van der Waals surface area contributed by atoms with Gasteiger partial charge in [0.1, 0.15) is 0 Å². The summed E-state index contributed by atoms with van der Waals surface area (Å²) in [6.45, 7) is 0. The molecular formula is C47H38N4O9Zn+2. The summed E-state index contributed by atoms with van der Waals surface area (Å²) in [4.78, 5) is 40.5. The molecule has 0 aliphatic heterocycles. The van der Waals surface area contributed by atoms with Gasteiger partial charge in [-0.3, -0.25) is 19.9 Å². The number of aromatic nitrogens is 4. The van der Waals surface area contributed by atoms with E-state index in [9.17, 15) is 30.0 Å². The number of nitrogens with zero attached hydrogens (tertiary/aromatic N) is 4. The van der Waals surface area contributed by atoms with E-state index in [2.05, 4.69) is 68.5 Å². The molecule has 0 fully saturated rings. The average molecular weight is 868 g/mol. The molecule has 14 heteroatoms. The van der Waals surface area contributed by atoms with E-state index >= 15 is 0 Å². The Kier molecular flexibility index (Phi) is 15.1. The molecule has 0 radical (unpaired) electrons. The van der Waals surface area contributed by atoms with E-state index in [-0.39, 0.29) is 64.6 Å². The van der Waals surface area contributed by atoms with Gasteiger partial charge in [-0.1, -0.05) is 109 Å². The Balaban J connectivity index is 0.000000215. The van der Waals surface area contributed by atoms with Gasteiger partial charge in [-0.2, -0.15) is 0 Å². The number of aromatic carboxylic acids is 2. The molecule has 0 bridgehead atoms. The Morgan fingerprint density at radius 3 is 1.02 bits per heavy atom. The van der Waals surface area contributed by atoms with Crippen LogP contribution < -0.4 is 10.2 Å². The largest absolute Gasteiger partial charge is 2.00 e. The van der Waals surface area contributed by atoms with Gasteiger partial charge in [0.05, 0.1) is 33.2 Å². The second-order valence-electron chi connectivity index (χ2n) is 13.1. The van der Waals surface area contributed by atoms with E-state index in [0.717, 1.165) is 43.6 Å². The molecule has 13 nitrogen and oxygen atoms in total. The van der Waals surface area contributed by atoms with Crippen LogP contribution in [-0.4, -0.2) is 47.6 Å². The van der Waals surface area contributed by atoms with Crippen LogP contribution >= 0.6 is 0 Å². The number of hydrogen-bond acceptors (Lipinski definition) is 8. The Morgan fingerprint density at radius 2 is 0.721 bits per heavy atom. The van der Waals surface area contributed by atoms with Crippen molar-refractivity contribution in [3.05, 3.63) is 181 Å². The molecule has 61 heavy (non-hydrogen) atoms. The van der Waals surface area contributed by atoms with Crippen molar-refractivity contribution < 1.29 is 65.9 Å². The zero-order valence-corrected chi connectivity index (χ0v) is 35.4. The van der Waals surface area contributed by atoms with Crippen LogP contribution in [0.3, 0.4) is 0 Å². The van der Waals surface area contributed by atoms with Crippen LogP contribution in [0.25, 0.3) is 65.2 Å². The van der Waals surface area contributed by atoms with Crippen LogP contribution in [0.5, 0.6) is 11.5 Å².